The van der Waals surface area contributed by atoms with Crippen molar-refractivity contribution in [1.82, 2.24) is 14.8 Å². The largest absolute Gasteiger partial charge is 0.313 e. The predicted molar refractivity (Wildman–Crippen MR) is 91.0 cm³/mol. The Labute approximate surface area is 145 Å². The molecule has 1 atom stereocenters. The van der Waals surface area contributed by atoms with Crippen LogP contribution in [0, 0.1) is 17.1 Å². The molecule has 0 fully saturated rings. The van der Waals surface area contributed by atoms with Crippen LogP contribution in [0.25, 0.3) is 5.57 Å². The summed E-state index contributed by atoms with van der Waals surface area (Å²) in [5.41, 5.74) is 0.839. The van der Waals surface area contributed by atoms with Crippen molar-refractivity contribution in [3.05, 3.63) is 53.4 Å². The summed E-state index contributed by atoms with van der Waals surface area (Å²) in [5.74, 6) is -0.602. The third kappa shape index (κ3) is 3.50. The minimum absolute atomic E-state index is 0.354. The maximum Gasteiger partial charge on any atom is 0.180 e. The lowest BCUT2D eigenvalue weighted by molar-refractivity contribution is -0.115. The van der Waals surface area contributed by atoms with Crippen molar-refractivity contribution in [2.75, 3.05) is 0 Å². The first-order valence-electron chi connectivity index (χ1n) is 8.40. The van der Waals surface area contributed by atoms with Gasteiger partial charge in [-0.15, -0.1) is 10.2 Å². The molecule has 0 unspecified atom stereocenters. The van der Waals surface area contributed by atoms with Gasteiger partial charge in [-0.3, -0.25) is 4.79 Å². The smallest absolute Gasteiger partial charge is 0.180 e. The monoisotopic (exact) mass is 338 g/mol. The van der Waals surface area contributed by atoms with Crippen LogP contribution in [0.3, 0.4) is 0 Å². The number of fused-ring (bicyclic) bond motifs is 1. The average Bonchev–Trinajstić information content (AvgIpc) is 2.84. The van der Waals surface area contributed by atoms with Crippen LogP contribution in [0.5, 0.6) is 0 Å². The average molecular weight is 338 g/mol. The van der Waals surface area contributed by atoms with Gasteiger partial charge in [0.1, 0.15) is 11.6 Å². The minimum atomic E-state index is -1.03. The second kappa shape index (κ2) is 7.39. The van der Waals surface area contributed by atoms with E-state index in [1.807, 2.05) is 10.6 Å². The zero-order valence-corrected chi connectivity index (χ0v) is 14.1. The van der Waals surface area contributed by atoms with Gasteiger partial charge in [-0.25, -0.2) is 4.39 Å². The Morgan fingerprint density at radius 3 is 2.88 bits per heavy atom. The van der Waals surface area contributed by atoms with E-state index in [1.165, 1.54) is 12.1 Å². The lowest BCUT2D eigenvalue weighted by Crippen LogP contribution is -2.16. The molecule has 6 heteroatoms. The summed E-state index contributed by atoms with van der Waals surface area (Å²) in [6.45, 7) is 2.38. The molecule has 0 spiro atoms. The Kier molecular flexibility index (Phi) is 5.03. The van der Waals surface area contributed by atoms with E-state index < -0.39 is 17.5 Å². The molecule has 1 aromatic heterocycles. The molecule has 2 heterocycles. The number of nitriles is 1. The number of benzene rings is 1. The summed E-state index contributed by atoms with van der Waals surface area (Å²) in [6, 6.07) is 8.29. The van der Waals surface area contributed by atoms with Gasteiger partial charge >= 0.3 is 0 Å². The van der Waals surface area contributed by atoms with Gasteiger partial charge < -0.3 is 4.57 Å². The first-order chi connectivity index (χ1) is 12.1. The summed E-state index contributed by atoms with van der Waals surface area (Å²) >= 11 is 0. The first-order valence-corrected chi connectivity index (χ1v) is 8.40. The fourth-order valence-corrected chi connectivity index (χ4v) is 3.13. The van der Waals surface area contributed by atoms with E-state index in [0.29, 0.717) is 17.0 Å². The van der Waals surface area contributed by atoms with Gasteiger partial charge in [0, 0.05) is 18.5 Å². The van der Waals surface area contributed by atoms with Gasteiger partial charge in [-0.05, 0) is 37.5 Å². The van der Waals surface area contributed by atoms with E-state index in [-0.39, 0.29) is 0 Å². The molecular formula is C19H19FN4O. The highest BCUT2D eigenvalue weighted by atomic mass is 19.1. The van der Waals surface area contributed by atoms with Crippen molar-refractivity contribution < 1.29 is 9.18 Å². The van der Waals surface area contributed by atoms with Crippen molar-refractivity contribution in [2.45, 2.75) is 45.1 Å². The summed E-state index contributed by atoms with van der Waals surface area (Å²) in [7, 11) is 0. The summed E-state index contributed by atoms with van der Waals surface area (Å²) in [4.78, 5) is 12.6. The van der Waals surface area contributed by atoms with Crippen molar-refractivity contribution >= 4 is 11.4 Å². The molecule has 0 amide bonds. The lowest BCUT2D eigenvalue weighted by atomic mass is 9.99. The highest BCUT2D eigenvalue weighted by Crippen LogP contribution is 2.23. The molecule has 5 nitrogen and oxygen atoms in total. The highest BCUT2D eigenvalue weighted by molar-refractivity contribution is 6.02. The Bertz CT molecular complexity index is 863. The Balaban J connectivity index is 1.90. The van der Waals surface area contributed by atoms with Crippen molar-refractivity contribution in [2.24, 2.45) is 0 Å². The lowest BCUT2D eigenvalue weighted by Gasteiger charge is -2.10. The fraction of sp³-hybridized carbons (Fsp3) is 0.368. The molecule has 25 heavy (non-hydrogen) atoms. The third-order valence-electron chi connectivity index (χ3n) is 4.47. The fourth-order valence-electron chi connectivity index (χ4n) is 3.13. The van der Waals surface area contributed by atoms with Crippen molar-refractivity contribution in [3.8, 4) is 6.07 Å². The second-order valence-corrected chi connectivity index (χ2v) is 6.21. The van der Waals surface area contributed by atoms with Crippen LogP contribution in [0.15, 0.2) is 30.3 Å². The van der Waals surface area contributed by atoms with E-state index in [0.717, 1.165) is 38.1 Å². The normalized spacial score (nSPS) is 15.8. The van der Waals surface area contributed by atoms with Crippen LogP contribution in [0.2, 0.25) is 0 Å². The van der Waals surface area contributed by atoms with E-state index in [4.69, 9.17) is 0 Å². The minimum Gasteiger partial charge on any atom is -0.313 e. The summed E-state index contributed by atoms with van der Waals surface area (Å²) < 4.78 is 15.8. The Morgan fingerprint density at radius 2 is 2.12 bits per heavy atom. The number of hydrogen-bond acceptors (Lipinski definition) is 4. The number of aryl methyl sites for hydroxylation is 1. The van der Waals surface area contributed by atoms with Gasteiger partial charge in [0.25, 0.3) is 0 Å². The number of carbonyl (C=O) groups excluding carboxylic acids is 1. The van der Waals surface area contributed by atoms with Crippen LogP contribution in [-0.4, -0.2) is 20.5 Å². The predicted octanol–water partition coefficient (Wildman–Crippen LogP) is 3.42. The molecule has 0 bridgehead atoms. The standard InChI is InChI=1S/C19H19FN4O/c1-13(14-7-4-5-8-16(14)20)11-17(25)15(12-21)19-23-22-18-9-3-2-6-10-24(18)19/h4-5,7-8,11,15H,2-3,6,9-10H2,1H3/b13-11-/t15-/m0/s1. The van der Waals surface area contributed by atoms with Crippen LogP contribution in [-0.2, 0) is 17.8 Å². The summed E-state index contributed by atoms with van der Waals surface area (Å²) in [6.07, 6.45) is 5.25. The van der Waals surface area contributed by atoms with Crippen molar-refractivity contribution in [3.63, 3.8) is 0 Å². The topological polar surface area (TPSA) is 71.6 Å². The maximum atomic E-state index is 13.9. The van der Waals surface area contributed by atoms with Crippen LogP contribution < -0.4 is 0 Å². The van der Waals surface area contributed by atoms with Crippen LogP contribution in [0.1, 0.15) is 49.3 Å². The van der Waals surface area contributed by atoms with Crippen molar-refractivity contribution in [1.29, 1.82) is 5.26 Å². The number of ketones is 1. The Morgan fingerprint density at radius 1 is 1.32 bits per heavy atom. The van der Waals surface area contributed by atoms with Gasteiger partial charge in [0.15, 0.2) is 17.5 Å². The molecule has 2 aromatic rings. The van der Waals surface area contributed by atoms with E-state index in [1.54, 1.807) is 25.1 Å². The molecule has 1 aliphatic rings. The number of carbonyl (C=O) groups is 1. The SMILES string of the molecule is C/C(=C/C(=O)[C@H](C#N)c1nnc2n1CCCCC2)c1ccccc1F. The molecule has 0 radical (unpaired) electrons. The first kappa shape index (κ1) is 17.0. The van der Waals surface area contributed by atoms with E-state index in [9.17, 15) is 14.4 Å². The number of rotatable bonds is 4. The number of hydrogen-bond donors (Lipinski definition) is 0. The van der Waals surface area contributed by atoms with Gasteiger partial charge in [-0.1, -0.05) is 24.6 Å². The molecule has 0 saturated heterocycles. The van der Waals surface area contributed by atoms with Crippen LogP contribution in [0.4, 0.5) is 4.39 Å². The molecule has 0 N–H and O–H groups in total. The highest BCUT2D eigenvalue weighted by Gasteiger charge is 2.27. The molecule has 0 aliphatic carbocycles. The molecule has 0 saturated carbocycles. The number of halogens is 1. The molecule has 1 aromatic carbocycles. The summed E-state index contributed by atoms with van der Waals surface area (Å²) in [5, 5.41) is 17.8. The third-order valence-corrected chi connectivity index (χ3v) is 4.47. The van der Waals surface area contributed by atoms with Gasteiger partial charge in [0.05, 0.1) is 6.07 Å². The molecular weight excluding hydrogens is 319 g/mol. The van der Waals surface area contributed by atoms with Crippen LogP contribution >= 0.6 is 0 Å². The van der Waals surface area contributed by atoms with E-state index >= 15 is 0 Å². The second-order valence-electron chi connectivity index (χ2n) is 6.21. The zero-order chi connectivity index (χ0) is 17.8. The van der Waals surface area contributed by atoms with Gasteiger partial charge in [-0.2, -0.15) is 5.26 Å². The Hall–Kier alpha value is -2.81. The number of aromatic nitrogens is 3. The molecule has 128 valence electrons. The number of nitrogens with zero attached hydrogens (tertiary/aromatic N) is 4. The quantitative estimate of drug-likeness (QED) is 0.801. The van der Waals surface area contributed by atoms with E-state index in [2.05, 4.69) is 10.2 Å². The maximum absolute atomic E-state index is 13.9. The molecule has 3 rings (SSSR count). The zero-order valence-electron chi connectivity index (χ0n) is 14.1. The number of allylic oxidation sites excluding steroid dienone is 2. The molecule has 1 aliphatic heterocycles. The van der Waals surface area contributed by atoms with Gasteiger partial charge in [0.2, 0.25) is 0 Å².